The Bertz CT molecular complexity index is 1030. The van der Waals surface area contributed by atoms with E-state index >= 15 is 0 Å². The van der Waals surface area contributed by atoms with Crippen molar-refractivity contribution in [1.82, 2.24) is 0 Å². The number of hydrogen-bond donors (Lipinski definition) is 2. The maximum absolute atomic E-state index is 12.6. The fourth-order valence-corrected chi connectivity index (χ4v) is 3.97. The molecule has 2 amide bonds. The number of amides is 2. The summed E-state index contributed by atoms with van der Waals surface area (Å²) in [5, 5.41) is 5.19. The summed E-state index contributed by atoms with van der Waals surface area (Å²) in [5.74, 6) is 0.149. The fourth-order valence-electron chi connectivity index (χ4n) is 2.70. The number of carbonyl (C=O) groups excluding carboxylic acids is 2. The van der Waals surface area contributed by atoms with Crippen LogP contribution in [0.5, 0.6) is 17.2 Å². The molecule has 29 heavy (non-hydrogen) atoms. The van der Waals surface area contributed by atoms with Crippen molar-refractivity contribution < 1.29 is 32.2 Å². The summed E-state index contributed by atoms with van der Waals surface area (Å²) in [4.78, 5) is 23.6. The number of rotatable bonds is 7. The fraction of sp³-hybridized carbons (Fsp3) is 0.263. The van der Waals surface area contributed by atoms with E-state index in [4.69, 9.17) is 14.2 Å². The molecule has 2 aromatic rings. The number of nitrogens with one attached hydrogen (secondary N) is 2. The lowest BCUT2D eigenvalue weighted by molar-refractivity contribution is -0.118. The number of sulfone groups is 1. The summed E-state index contributed by atoms with van der Waals surface area (Å²) >= 11 is 0. The van der Waals surface area contributed by atoms with Gasteiger partial charge in [0.25, 0.3) is 5.91 Å². The van der Waals surface area contributed by atoms with Gasteiger partial charge >= 0.3 is 0 Å². The molecule has 0 bridgehead atoms. The predicted octanol–water partition coefficient (Wildman–Crippen LogP) is 1.84. The van der Waals surface area contributed by atoms with Crippen LogP contribution in [-0.4, -0.2) is 46.8 Å². The molecule has 0 saturated carbocycles. The molecule has 10 heteroatoms. The Morgan fingerprint density at radius 2 is 1.83 bits per heavy atom. The smallest absolute Gasteiger partial charge is 0.262 e. The minimum Gasteiger partial charge on any atom is -0.497 e. The van der Waals surface area contributed by atoms with Gasteiger partial charge in [-0.15, -0.1) is 0 Å². The van der Waals surface area contributed by atoms with Gasteiger partial charge in [0.15, 0.2) is 16.4 Å². The van der Waals surface area contributed by atoms with Crippen molar-refractivity contribution >= 4 is 33.0 Å². The van der Waals surface area contributed by atoms with Gasteiger partial charge in [0, 0.05) is 30.3 Å². The van der Waals surface area contributed by atoms with Crippen LogP contribution >= 0.6 is 0 Å². The lowest BCUT2D eigenvalue weighted by Crippen LogP contribution is -2.25. The summed E-state index contributed by atoms with van der Waals surface area (Å²) in [7, 11) is -0.771. The van der Waals surface area contributed by atoms with Crippen molar-refractivity contribution in [2.24, 2.45) is 0 Å². The van der Waals surface area contributed by atoms with E-state index in [0.29, 0.717) is 22.9 Å². The number of benzene rings is 2. The molecule has 0 unspecified atom stereocenters. The molecule has 154 valence electrons. The van der Waals surface area contributed by atoms with Crippen LogP contribution in [0.1, 0.15) is 6.42 Å². The van der Waals surface area contributed by atoms with Gasteiger partial charge in [0.05, 0.1) is 30.6 Å². The highest BCUT2D eigenvalue weighted by atomic mass is 32.2. The molecular weight excluding hydrogens is 400 g/mol. The Labute approximate surface area is 167 Å². The first-order chi connectivity index (χ1) is 13.8. The van der Waals surface area contributed by atoms with Crippen LogP contribution in [0.25, 0.3) is 0 Å². The first kappa shape index (κ1) is 20.5. The molecule has 9 nitrogen and oxygen atoms in total. The Kier molecular flexibility index (Phi) is 5.92. The van der Waals surface area contributed by atoms with E-state index in [-0.39, 0.29) is 29.5 Å². The second-order valence-electron chi connectivity index (χ2n) is 6.21. The molecule has 1 aliphatic heterocycles. The molecule has 0 atom stereocenters. The van der Waals surface area contributed by atoms with Crippen molar-refractivity contribution in [3.8, 4) is 17.2 Å². The molecule has 0 fully saturated rings. The lowest BCUT2D eigenvalue weighted by atomic mass is 10.2. The normalized spacial score (nSPS) is 13.0. The van der Waals surface area contributed by atoms with Gasteiger partial charge < -0.3 is 24.8 Å². The van der Waals surface area contributed by atoms with Gasteiger partial charge in [-0.1, -0.05) is 0 Å². The van der Waals surface area contributed by atoms with Crippen LogP contribution in [0.4, 0.5) is 11.4 Å². The quantitative estimate of drug-likeness (QED) is 0.701. The van der Waals surface area contributed by atoms with Crippen molar-refractivity contribution in [3.05, 3.63) is 36.4 Å². The van der Waals surface area contributed by atoms with E-state index in [2.05, 4.69) is 10.6 Å². The Morgan fingerprint density at radius 3 is 2.48 bits per heavy atom. The molecule has 0 saturated heterocycles. The highest BCUT2D eigenvalue weighted by Crippen LogP contribution is 2.30. The average Bonchev–Trinajstić information content (AvgIpc) is 2.71. The zero-order valence-corrected chi connectivity index (χ0v) is 16.7. The van der Waals surface area contributed by atoms with Gasteiger partial charge in [0.2, 0.25) is 5.91 Å². The highest BCUT2D eigenvalue weighted by Gasteiger charge is 2.22. The third-order valence-corrected chi connectivity index (χ3v) is 5.89. The molecule has 1 heterocycles. The van der Waals surface area contributed by atoms with Crippen LogP contribution in [0.3, 0.4) is 0 Å². The number of hydrogen-bond acceptors (Lipinski definition) is 7. The highest BCUT2D eigenvalue weighted by molar-refractivity contribution is 7.91. The molecular formula is C19H20N2O7S. The first-order valence-electron chi connectivity index (χ1n) is 8.63. The SMILES string of the molecule is COc1cc(NC(=O)CCS(=O)(=O)c2ccc3c(c2)NC(=O)CO3)cc(OC)c1. The largest absolute Gasteiger partial charge is 0.497 e. The van der Waals surface area contributed by atoms with E-state index in [0.717, 1.165) is 0 Å². The molecule has 0 radical (unpaired) electrons. The van der Waals surface area contributed by atoms with Gasteiger partial charge in [-0.25, -0.2) is 8.42 Å². The molecule has 0 spiro atoms. The van der Waals surface area contributed by atoms with Gasteiger partial charge in [-0.3, -0.25) is 9.59 Å². The van der Waals surface area contributed by atoms with E-state index in [1.54, 1.807) is 18.2 Å². The van der Waals surface area contributed by atoms with E-state index in [1.165, 1.54) is 32.4 Å². The maximum atomic E-state index is 12.6. The number of methoxy groups -OCH3 is 2. The maximum Gasteiger partial charge on any atom is 0.262 e. The van der Waals surface area contributed by atoms with Gasteiger partial charge in [-0.05, 0) is 18.2 Å². The Balaban J connectivity index is 1.67. The Hall–Kier alpha value is -3.27. The first-order valence-corrected chi connectivity index (χ1v) is 10.3. The molecule has 1 aliphatic rings. The van der Waals surface area contributed by atoms with Crippen LogP contribution in [0, 0.1) is 0 Å². The van der Waals surface area contributed by atoms with Crippen LogP contribution in [0.2, 0.25) is 0 Å². The zero-order valence-electron chi connectivity index (χ0n) is 15.9. The van der Waals surface area contributed by atoms with Crippen LogP contribution in [-0.2, 0) is 19.4 Å². The average molecular weight is 420 g/mol. The summed E-state index contributed by atoms with van der Waals surface area (Å²) in [6, 6.07) is 9.04. The third kappa shape index (κ3) is 4.96. The minimum atomic E-state index is -3.74. The molecule has 2 N–H and O–H groups in total. The lowest BCUT2D eigenvalue weighted by Gasteiger charge is -2.18. The van der Waals surface area contributed by atoms with Crippen molar-refractivity contribution in [2.75, 3.05) is 37.2 Å². The number of fused-ring (bicyclic) bond motifs is 1. The van der Waals surface area contributed by atoms with Crippen molar-refractivity contribution in [3.63, 3.8) is 0 Å². The molecule has 3 rings (SSSR count). The van der Waals surface area contributed by atoms with Crippen molar-refractivity contribution in [1.29, 1.82) is 0 Å². The topological polar surface area (TPSA) is 120 Å². The second-order valence-corrected chi connectivity index (χ2v) is 8.32. The number of ether oxygens (including phenoxy) is 3. The third-order valence-electron chi connectivity index (χ3n) is 4.18. The summed E-state index contributed by atoms with van der Waals surface area (Å²) < 4.78 is 40.7. The Morgan fingerprint density at radius 1 is 1.14 bits per heavy atom. The van der Waals surface area contributed by atoms with E-state index < -0.39 is 21.5 Å². The van der Waals surface area contributed by atoms with Gasteiger partial charge in [0.1, 0.15) is 17.2 Å². The van der Waals surface area contributed by atoms with E-state index in [1.807, 2.05) is 0 Å². The van der Waals surface area contributed by atoms with Crippen LogP contribution < -0.4 is 24.8 Å². The summed E-state index contributed by atoms with van der Waals surface area (Å²) in [6.45, 7) is -0.117. The predicted molar refractivity (Wildman–Crippen MR) is 105 cm³/mol. The molecule has 0 aromatic heterocycles. The molecule has 0 aliphatic carbocycles. The number of anilines is 2. The summed E-state index contributed by atoms with van der Waals surface area (Å²) in [6.07, 6.45) is -0.248. The second kappa shape index (κ2) is 8.39. The molecule has 2 aromatic carbocycles. The number of carbonyl (C=O) groups is 2. The van der Waals surface area contributed by atoms with Crippen LogP contribution in [0.15, 0.2) is 41.3 Å². The van der Waals surface area contributed by atoms with E-state index in [9.17, 15) is 18.0 Å². The van der Waals surface area contributed by atoms with Crippen molar-refractivity contribution in [2.45, 2.75) is 11.3 Å². The minimum absolute atomic E-state index is 0.00194. The monoisotopic (exact) mass is 420 g/mol. The summed E-state index contributed by atoms with van der Waals surface area (Å²) in [5.41, 5.74) is 0.715. The van der Waals surface area contributed by atoms with Gasteiger partial charge in [-0.2, -0.15) is 0 Å². The zero-order chi connectivity index (χ0) is 21.0. The standard InChI is InChI=1S/C19H20N2O7S/c1-26-13-7-12(8-14(9-13)27-2)20-18(22)5-6-29(24,25)15-3-4-17-16(10-15)21-19(23)11-28-17/h3-4,7-10H,5-6,11H2,1-2H3,(H,20,22)(H,21,23).